The summed E-state index contributed by atoms with van der Waals surface area (Å²) in [6.07, 6.45) is 1.14. The van der Waals surface area contributed by atoms with E-state index in [1.807, 2.05) is 0 Å². The highest BCUT2D eigenvalue weighted by atomic mass is 19.1. The van der Waals surface area contributed by atoms with Crippen molar-refractivity contribution in [3.8, 4) is 5.75 Å². The molecule has 32 heavy (non-hydrogen) atoms. The minimum atomic E-state index is -0.760. The Hall–Kier alpha value is -4.60. The Labute approximate surface area is 179 Å². The van der Waals surface area contributed by atoms with E-state index in [1.165, 1.54) is 30.3 Å². The summed E-state index contributed by atoms with van der Waals surface area (Å²) in [4.78, 5) is 38.1. The number of benzene rings is 3. The summed E-state index contributed by atoms with van der Waals surface area (Å²) >= 11 is 0. The first-order chi connectivity index (χ1) is 15.4. The van der Waals surface area contributed by atoms with Gasteiger partial charge in [-0.3, -0.25) is 14.9 Å². The predicted molar refractivity (Wildman–Crippen MR) is 116 cm³/mol. The van der Waals surface area contributed by atoms with E-state index < -0.39 is 16.2 Å². The van der Waals surface area contributed by atoms with E-state index in [0.29, 0.717) is 15.8 Å². The van der Waals surface area contributed by atoms with Gasteiger partial charge in [-0.05, 0) is 35.9 Å². The largest absolute Gasteiger partial charge is 0.488 e. The van der Waals surface area contributed by atoms with Gasteiger partial charge in [-0.15, -0.1) is 4.68 Å². The number of non-ortho nitro benzene ring substituents is 1. The zero-order chi connectivity index (χ0) is 22.7. The molecule has 0 saturated heterocycles. The molecule has 9 nitrogen and oxygen atoms in total. The Morgan fingerprint density at radius 1 is 1.09 bits per heavy atom. The first kappa shape index (κ1) is 20.7. The number of H-pyrrole nitrogens is 1. The fourth-order valence-electron chi connectivity index (χ4n) is 3.00. The van der Waals surface area contributed by atoms with Gasteiger partial charge >= 0.3 is 5.69 Å². The molecule has 0 bridgehead atoms. The van der Waals surface area contributed by atoms with Crippen LogP contribution in [0.2, 0.25) is 0 Å². The molecule has 0 fully saturated rings. The maximum absolute atomic E-state index is 13.1. The second-order valence-corrected chi connectivity index (χ2v) is 6.73. The number of nitro groups is 1. The van der Waals surface area contributed by atoms with Crippen molar-refractivity contribution in [2.75, 3.05) is 0 Å². The van der Waals surface area contributed by atoms with Crippen molar-refractivity contribution >= 4 is 22.8 Å². The third-order valence-electron chi connectivity index (χ3n) is 4.61. The van der Waals surface area contributed by atoms with E-state index in [2.05, 4.69) is 10.1 Å². The number of ether oxygens (including phenoxy) is 1. The number of rotatable bonds is 6. The molecule has 10 heteroatoms. The van der Waals surface area contributed by atoms with Crippen molar-refractivity contribution in [3.63, 3.8) is 0 Å². The molecule has 0 aliphatic carbocycles. The molecule has 0 saturated carbocycles. The molecule has 1 aromatic heterocycles. The third-order valence-corrected chi connectivity index (χ3v) is 4.61. The molecule has 0 aliphatic heterocycles. The molecule has 0 unspecified atom stereocenters. The summed E-state index contributed by atoms with van der Waals surface area (Å²) in [5.41, 5.74) is -0.396. The molecule has 3 aromatic carbocycles. The number of nitro benzene ring substituents is 1. The van der Waals surface area contributed by atoms with Crippen LogP contribution in [-0.2, 0) is 6.61 Å². The summed E-state index contributed by atoms with van der Waals surface area (Å²) in [6, 6.07) is 16.0. The Balaban J connectivity index is 1.71. The summed E-state index contributed by atoms with van der Waals surface area (Å²) < 4.78 is 19.4. The lowest BCUT2D eigenvalue weighted by molar-refractivity contribution is -0.384. The number of nitrogens with one attached hydrogen (secondary N) is 1. The minimum Gasteiger partial charge on any atom is -0.488 e. The Kier molecular flexibility index (Phi) is 5.58. The minimum absolute atomic E-state index is 0.0649. The maximum atomic E-state index is 13.1. The number of hydrogen-bond donors (Lipinski definition) is 1. The van der Waals surface area contributed by atoms with Crippen molar-refractivity contribution in [1.82, 2.24) is 9.66 Å². The van der Waals surface area contributed by atoms with Gasteiger partial charge in [0.15, 0.2) is 0 Å². The monoisotopic (exact) mass is 434 g/mol. The average molecular weight is 434 g/mol. The van der Waals surface area contributed by atoms with Crippen molar-refractivity contribution in [3.05, 3.63) is 115 Å². The Morgan fingerprint density at radius 2 is 1.84 bits per heavy atom. The molecule has 160 valence electrons. The van der Waals surface area contributed by atoms with Crippen LogP contribution in [0.5, 0.6) is 5.75 Å². The van der Waals surface area contributed by atoms with Gasteiger partial charge in [-0.2, -0.15) is 5.10 Å². The predicted octanol–water partition coefficient (Wildman–Crippen LogP) is 3.20. The van der Waals surface area contributed by atoms with Gasteiger partial charge in [0.05, 0.1) is 22.0 Å². The molecule has 1 N–H and O–H groups in total. The Morgan fingerprint density at radius 3 is 2.59 bits per heavy atom. The number of hydrogen-bond acceptors (Lipinski definition) is 6. The zero-order valence-electron chi connectivity index (χ0n) is 16.4. The third kappa shape index (κ3) is 4.29. The second kappa shape index (κ2) is 8.64. The molecule has 0 atom stereocenters. The quantitative estimate of drug-likeness (QED) is 0.284. The maximum Gasteiger partial charge on any atom is 0.349 e. The number of nitrogens with zero attached hydrogens (tertiary/aromatic N) is 3. The van der Waals surface area contributed by atoms with Crippen LogP contribution < -0.4 is 16.0 Å². The van der Waals surface area contributed by atoms with Gasteiger partial charge in [-0.1, -0.05) is 24.3 Å². The lowest BCUT2D eigenvalue weighted by Crippen LogP contribution is -2.32. The number of halogens is 1. The number of fused-ring (bicyclic) bond motifs is 1. The molecule has 0 aliphatic rings. The van der Waals surface area contributed by atoms with Crippen molar-refractivity contribution < 1.29 is 14.1 Å². The lowest BCUT2D eigenvalue weighted by atomic mass is 10.2. The van der Waals surface area contributed by atoms with E-state index in [9.17, 15) is 24.1 Å². The SMILES string of the molecule is O=c1[nH]c2ccccc2c(=O)n1N=Cc1cc([N+](=O)[O-])ccc1OCc1ccc(F)cc1. The van der Waals surface area contributed by atoms with Gasteiger partial charge in [0.25, 0.3) is 11.2 Å². The molecule has 4 aromatic rings. The van der Waals surface area contributed by atoms with E-state index in [1.54, 1.807) is 36.4 Å². The van der Waals surface area contributed by atoms with Crippen LogP contribution in [0.25, 0.3) is 10.9 Å². The fraction of sp³-hybridized carbons (Fsp3) is 0.0455. The van der Waals surface area contributed by atoms with E-state index in [0.717, 1.165) is 6.21 Å². The standard InChI is InChI=1S/C22H15FN4O5/c23-16-7-5-14(6-8-16)13-32-20-10-9-17(27(30)31)11-15(20)12-24-26-21(28)18-3-1-2-4-19(18)25-22(26)29/h1-12H,13H2,(H,25,29). The number of aromatic amines is 1. The van der Waals surface area contributed by atoms with E-state index in [4.69, 9.17) is 4.74 Å². The van der Waals surface area contributed by atoms with Gasteiger partial charge in [0.2, 0.25) is 0 Å². The van der Waals surface area contributed by atoms with Crippen LogP contribution in [-0.4, -0.2) is 20.8 Å². The van der Waals surface area contributed by atoms with Gasteiger partial charge in [0.1, 0.15) is 18.2 Å². The van der Waals surface area contributed by atoms with Crippen molar-refractivity contribution in [2.24, 2.45) is 5.10 Å². The summed E-state index contributed by atoms with van der Waals surface area (Å²) in [6.45, 7) is 0.0649. The highest BCUT2D eigenvalue weighted by molar-refractivity contribution is 5.85. The first-order valence-electron chi connectivity index (χ1n) is 9.36. The fourth-order valence-corrected chi connectivity index (χ4v) is 3.00. The second-order valence-electron chi connectivity index (χ2n) is 6.73. The molecular formula is C22H15FN4O5. The van der Waals surface area contributed by atoms with E-state index in [-0.39, 0.29) is 34.8 Å². The normalized spacial score (nSPS) is 11.2. The average Bonchev–Trinajstić information content (AvgIpc) is 2.79. The first-order valence-corrected chi connectivity index (χ1v) is 9.36. The molecule has 4 rings (SSSR count). The Bertz CT molecular complexity index is 1460. The van der Waals surface area contributed by atoms with Crippen LogP contribution in [0, 0.1) is 15.9 Å². The van der Waals surface area contributed by atoms with Crippen molar-refractivity contribution in [1.29, 1.82) is 0 Å². The molecule has 0 spiro atoms. The van der Waals surface area contributed by atoms with Crippen LogP contribution in [0.4, 0.5) is 10.1 Å². The topological polar surface area (TPSA) is 120 Å². The van der Waals surface area contributed by atoms with Gasteiger partial charge in [-0.25, -0.2) is 9.18 Å². The van der Waals surface area contributed by atoms with Gasteiger partial charge < -0.3 is 9.72 Å². The molecule has 0 radical (unpaired) electrons. The van der Waals surface area contributed by atoms with Crippen LogP contribution >= 0.6 is 0 Å². The number of para-hydroxylation sites is 1. The van der Waals surface area contributed by atoms with Crippen molar-refractivity contribution in [2.45, 2.75) is 6.61 Å². The molecule has 0 amide bonds. The summed E-state index contributed by atoms with van der Waals surface area (Å²) in [5.74, 6) is -0.156. The zero-order valence-corrected chi connectivity index (χ0v) is 16.4. The lowest BCUT2D eigenvalue weighted by Gasteiger charge is -2.09. The smallest absolute Gasteiger partial charge is 0.349 e. The summed E-state index contributed by atoms with van der Waals surface area (Å²) in [5, 5.41) is 15.4. The van der Waals surface area contributed by atoms with Crippen LogP contribution in [0.15, 0.2) is 81.4 Å². The van der Waals surface area contributed by atoms with Crippen LogP contribution in [0.1, 0.15) is 11.1 Å². The molecular weight excluding hydrogens is 419 g/mol. The highest BCUT2D eigenvalue weighted by Gasteiger charge is 2.12. The summed E-state index contributed by atoms with van der Waals surface area (Å²) in [7, 11) is 0. The highest BCUT2D eigenvalue weighted by Crippen LogP contribution is 2.24. The van der Waals surface area contributed by atoms with E-state index >= 15 is 0 Å². The van der Waals surface area contributed by atoms with Gasteiger partial charge in [0, 0.05) is 17.7 Å². The van der Waals surface area contributed by atoms with Crippen LogP contribution in [0.3, 0.4) is 0 Å². The number of aromatic nitrogens is 2. The molecule has 1 heterocycles.